The van der Waals surface area contributed by atoms with E-state index >= 15 is 0 Å². The second kappa shape index (κ2) is 9.64. The summed E-state index contributed by atoms with van der Waals surface area (Å²) in [5.74, 6) is 0.823. The summed E-state index contributed by atoms with van der Waals surface area (Å²) >= 11 is 0. The maximum absolute atomic E-state index is 13.2. The summed E-state index contributed by atoms with van der Waals surface area (Å²) in [6, 6.07) is 12.1. The minimum Gasteiger partial charge on any atom is -0.493 e. The molecule has 2 fully saturated rings. The Balaban J connectivity index is 1.27. The molecule has 2 saturated heterocycles. The van der Waals surface area contributed by atoms with E-state index < -0.39 is 0 Å². The number of carbonyl (C=O) groups is 1. The third kappa shape index (κ3) is 4.98. The molecule has 166 valence electrons. The zero-order valence-corrected chi connectivity index (χ0v) is 17.9. The van der Waals surface area contributed by atoms with E-state index in [2.05, 4.69) is 21.1 Å². The molecule has 31 heavy (non-hydrogen) atoms. The maximum Gasteiger partial charge on any atom is 0.251 e. The Kier molecular flexibility index (Phi) is 6.70. The van der Waals surface area contributed by atoms with Gasteiger partial charge in [-0.1, -0.05) is 12.1 Å². The maximum atomic E-state index is 13.2. The first kappa shape index (κ1) is 21.5. The van der Waals surface area contributed by atoms with Gasteiger partial charge < -0.3 is 14.8 Å². The third-order valence-corrected chi connectivity index (χ3v) is 6.11. The number of hydrogen-bond donors (Lipinski definition) is 3. The van der Waals surface area contributed by atoms with Gasteiger partial charge in [0.1, 0.15) is 5.82 Å². The number of rotatable bonds is 6. The molecule has 3 N–H and O–H groups in total. The minimum atomic E-state index is -0.219. The van der Waals surface area contributed by atoms with Crippen molar-refractivity contribution in [3.05, 3.63) is 59.4 Å². The van der Waals surface area contributed by atoms with E-state index in [-0.39, 0.29) is 30.0 Å². The van der Waals surface area contributed by atoms with E-state index in [9.17, 15) is 9.18 Å². The second-order valence-electron chi connectivity index (χ2n) is 8.00. The summed E-state index contributed by atoms with van der Waals surface area (Å²) in [5.41, 5.74) is 8.32. The highest BCUT2D eigenvalue weighted by molar-refractivity contribution is 5.95. The van der Waals surface area contributed by atoms with Crippen LogP contribution in [0, 0.1) is 5.82 Å². The summed E-state index contributed by atoms with van der Waals surface area (Å²) in [6.07, 6.45) is 2.91. The highest BCUT2D eigenvalue weighted by Crippen LogP contribution is 2.28. The number of carbonyl (C=O) groups excluding carboxylic acids is 1. The first-order valence-corrected chi connectivity index (χ1v) is 10.6. The Morgan fingerprint density at radius 3 is 2.42 bits per heavy atom. The second-order valence-corrected chi connectivity index (χ2v) is 8.00. The number of hydrogen-bond acceptors (Lipinski definition) is 6. The highest BCUT2D eigenvalue weighted by atomic mass is 19.1. The van der Waals surface area contributed by atoms with Crippen LogP contribution in [0.25, 0.3) is 0 Å². The minimum absolute atomic E-state index is 0.101. The predicted octanol–water partition coefficient (Wildman–Crippen LogP) is 2.60. The van der Waals surface area contributed by atoms with Gasteiger partial charge in [0.25, 0.3) is 5.91 Å². The fourth-order valence-electron chi connectivity index (χ4n) is 4.29. The van der Waals surface area contributed by atoms with Crippen LogP contribution in [0.2, 0.25) is 0 Å². The van der Waals surface area contributed by atoms with Gasteiger partial charge in [0.2, 0.25) is 0 Å². The van der Waals surface area contributed by atoms with Gasteiger partial charge in [0.15, 0.2) is 11.5 Å². The lowest BCUT2D eigenvalue weighted by Gasteiger charge is -2.35. The molecule has 0 aromatic heterocycles. The monoisotopic (exact) mass is 428 g/mol. The fraction of sp³-hybridized carbons (Fsp3) is 0.435. The van der Waals surface area contributed by atoms with E-state index in [0.717, 1.165) is 37.9 Å². The van der Waals surface area contributed by atoms with Crippen LogP contribution in [0.4, 0.5) is 4.39 Å². The lowest BCUT2D eigenvalue weighted by atomic mass is 10.0. The van der Waals surface area contributed by atoms with Crippen molar-refractivity contribution >= 4 is 5.91 Å². The van der Waals surface area contributed by atoms with Gasteiger partial charge in [-0.2, -0.15) is 0 Å². The number of halogens is 1. The van der Waals surface area contributed by atoms with Crippen molar-refractivity contribution in [3.63, 3.8) is 0 Å². The van der Waals surface area contributed by atoms with Gasteiger partial charge in [0, 0.05) is 30.7 Å². The van der Waals surface area contributed by atoms with Crippen molar-refractivity contribution in [2.24, 2.45) is 0 Å². The molecule has 2 atom stereocenters. The number of ether oxygens (including phenoxy) is 2. The normalized spacial score (nSPS) is 22.3. The molecule has 0 bridgehead atoms. The van der Waals surface area contributed by atoms with Crippen molar-refractivity contribution < 1.29 is 18.7 Å². The SMILES string of the molecule is COc1ccc(C(=O)NC2CCN(C3CC(c4ccc(F)cc4)NN3)CC2)cc1OC. The van der Waals surface area contributed by atoms with Crippen LogP contribution in [-0.4, -0.2) is 50.3 Å². The first-order chi connectivity index (χ1) is 15.1. The molecule has 2 aliphatic heterocycles. The molecule has 0 radical (unpaired) electrons. The molecular formula is C23H29FN4O3. The third-order valence-electron chi connectivity index (χ3n) is 6.11. The average molecular weight is 429 g/mol. The van der Waals surface area contributed by atoms with Crippen molar-refractivity contribution in [3.8, 4) is 11.5 Å². The summed E-state index contributed by atoms with van der Waals surface area (Å²) in [4.78, 5) is 15.1. The number of nitrogens with zero attached hydrogens (tertiary/aromatic N) is 1. The van der Waals surface area contributed by atoms with Gasteiger partial charge in [-0.15, -0.1) is 0 Å². The van der Waals surface area contributed by atoms with E-state index in [0.29, 0.717) is 17.1 Å². The summed E-state index contributed by atoms with van der Waals surface area (Å²) in [6.45, 7) is 1.79. The number of methoxy groups -OCH3 is 2. The number of piperidine rings is 1. The lowest BCUT2D eigenvalue weighted by Crippen LogP contribution is -2.51. The van der Waals surface area contributed by atoms with Gasteiger partial charge in [-0.3, -0.25) is 9.69 Å². The molecule has 2 aromatic carbocycles. The summed E-state index contributed by atoms with van der Waals surface area (Å²) < 4.78 is 23.7. The Hall–Kier alpha value is -2.68. The summed E-state index contributed by atoms with van der Waals surface area (Å²) in [7, 11) is 3.13. The average Bonchev–Trinajstić information content (AvgIpc) is 3.29. The number of nitrogens with one attached hydrogen (secondary N) is 3. The molecule has 2 unspecified atom stereocenters. The van der Waals surface area contributed by atoms with E-state index in [4.69, 9.17) is 9.47 Å². The van der Waals surface area contributed by atoms with Crippen LogP contribution in [0.3, 0.4) is 0 Å². The zero-order chi connectivity index (χ0) is 21.8. The largest absolute Gasteiger partial charge is 0.493 e. The molecule has 2 aromatic rings. The molecule has 2 aliphatic rings. The molecule has 8 heteroatoms. The van der Waals surface area contributed by atoms with Crippen LogP contribution < -0.4 is 25.6 Å². The molecule has 2 heterocycles. The van der Waals surface area contributed by atoms with Gasteiger partial charge in [-0.25, -0.2) is 15.2 Å². The zero-order valence-electron chi connectivity index (χ0n) is 17.9. The quantitative estimate of drug-likeness (QED) is 0.657. The Morgan fingerprint density at radius 2 is 1.74 bits per heavy atom. The van der Waals surface area contributed by atoms with Crippen molar-refractivity contribution in [1.29, 1.82) is 0 Å². The molecule has 1 amide bonds. The van der Waals surface area contributed by atoms with Crippen LogP contribution >= 0.6 is 0 Å². The smallest absolute Gasteiger partial charge is 0.251 e. The predicted molar refractivity (Wildman–Crippen MR) is 115 cm³/mol. The number of likely N-dealkylation sites (tertiary alicyclic amines) is 1. The molecule has 0 saturated carbocycles. The number of benzene rings is 2. The standard InChI is InChI=1S/C23H29FN4O3/c1-30-20-8-5-16(13-21(20)31-2)23(29)25-18-9-11-28(12-10-18)22-14-19(26-27-22)15-3-6-17(24)7-4-15/h3-8,13,18-19,22,26-27H,9-12,14H2,1-2H3,(H,25,29). The van der Waals surface area contributed by atoms with E-state index in [1.165, 1.54) is 12.1 Å². The van der Waals surface area contributed by atoms with Crippen molar-refractivity contribution in [2.75, 3.05) is 27.3 Å². The molecule has 0 aliphatic carbocycles. The number of amides is 1. The number of hydrazine groups is 1. The Labute approximate surface area is 181 Å². The molecule has 0 spiro atoms. The topological polar surface area (TPSA) is 74.9 Å². The van der Waals surface area contributed by atoms with Crippen LogP contribution in [0.5, 0.6) is 11.5 Å². The Bertz CT molecular complexity index is 900. The van der Waals surface area contributed by atoms with Crippen LogP contribution in [-0.2, 0) is 0 Å². The lowest BCUT2D eigenvalue weighted by molar-refractivity contribution is 0.0879. The van der Waals surface area contributed by atoms with Gasteiger partial charge in [0.05, 0.1) is 20.4 Å². The fourth-order valence-corrected chi connectivity index (χ4v) is 4.29. The highest BCUT2D eigenvalue weighted by Gasteiger charge is 2.32. The van der Waals surface area contributed by atoms with Crippen molar-refractivity contribution in [2.45, 2.75) is 37.5 Å². The van der Waals surface area contributed by atoms with Gasteiger partial charge in [-0.05, 0) is 55.2 Å². The van der Waals surface area contributed by atoms with E-state index in [1.54, 1.807) is 32.4 Å². The van der Waals surface area contributed by atoms with Gasteiger partial charge >= 0.3 is 0 Å². The molecule has 4 rings (SSSR count). The molecule has 7 nitrogen and oxygen atoms in total. The molecular weight excluding hydrogens is 399 g/mol. The van der Waals surface area contributed by atoms with Crippen molar-refractivity contribution in [1.82, 2.24) is 21.1 Å². The van der Waals surface area contributed by atoms with Crippen LogP contribution in [0.1, 0.15) is 41.2 Å². The van der Waals surface area contributed by atoms with Crippen LogP contribution in [0.15, 0.2) is 42.5 Å². The van der Waals surface area contributed by atoms with E-state index in [1.807, 2.05) is 12.1 Å². The Morgan fingerprint density at radius 1 is 1.03 bits per heavy atom. The summed E-state index contributed by atoms with van der Waals surface area (Å²) in [5, 5.41) is 3.14. The first-order valence-electron chi connectivity index (χ1n) is 10.6.